The number of hydrogen-bond acceptors (Lipinski definition) is 3. The molecule has 0 bridgehead atoms. The van der Waals surface area contributed by atoms with E-state index in [0.717, 1.165) is 0 Å². The Kier molecular flexibility index (Phi) is 4.42. The van der Waals surface area contributed by atoms with Crippen molar-refractivity contribution in [3.8, 4) is 0 Å². The highest BCUT2D eigenvalue weighted by molar-refractivity contribution is 5.74. The number of aliphatic hydroxyl groups is 1. The second kappa shape index (κ2) is 5.62. The van der Waals surface area contributed by atoms with Gasteiger partial charge in [-0.1, -0.05) is 6.08 Å². The van der Waals surface area contributed by atoms with E-state index in [4.69, 9.17) is 4.74 Å². The zero-order chi connectivity index (χ0) is 10.4. The molecule has 1 heterocycles. The second-order valence-electron chi connectivity index (χ2n) is 3.15. The molecular weight excluding hydrogens is 184 g/mol. The van der Waals surface area contributed by atoms with Gasteiger partial charge in [-0.3, -0.25) is 0 Å². The first-order chi connectivity index (χ1) is 6.74. The predicted molar refractivity (Wildman–Crippen MR) is 52.0 cm³/mol. The molecule has 0 aliphatic carbocycles. The maximum atomic E-state index is 11.5. The van der Waals surface area contributed by atoms with E-state index in [2.05, 4.69) is 11.9 Å². The molecule has 1 saturated heterocycles. The molecule has 0 aromatic heterocycles. The molecular formula is C9H16N2O3. The third kappa shape index (κ3) is 3.35. The summed E-state index contributed by atoms with van der Waals surface area (Å²) in [7, 11) is 0. The van der Waals surface area contributed by atoms with Crippen molar-refractivity contribution in [1.29, 1.82) is 0 Å². The van der Waals surface area contributed by atoms with E-state index < -0.39 is 6.10 Å². The Morgan fingerprint density at radius 3 is 3.29 bits per heavy atom. The lowest BCUT2D eigenvalue weighted by atomic mass is 10.3. The molecule has 0 aromatic rings. The Hall–Kier alpha value is -1.07. The number of carbonyl (C=O) groups excluding carboxylic acids is 1. The van der Waals surface area contributed by atoms with Gasteiger partial charge in [-0.15, -0.1) is 6.58 Å². The first kappa shape index (κ1) is 11.0. The van der Waals surface area contributed by atoms with Crippen LogP contribution in [0.25, 0.3) is 0 Å². The van der Waals surface area contributed by atoms with Gasteiger partial charge >= 0.3 is 6.03 Å². The van der Waals surface area contributed by atoms with E-state index in [9.17, 15) is 9.90 Å². The summed E-state index contributed by atoms with van der Waals surface area (Å²) < 4.78 is 5.10. The lowest BCUT2D eigenvalue weighted by Crippen LogP contribution is -2.44. The monoisotopic (exact) mass is 200 g/mol. The van der Waals surface area contributed by atoms with E-state index >= 15 is 0 Å². The van der Waals surface area contributed by atoms with Crippen LogP contribution in [-0.2, 0) is 4.74 Å². The molecule has 1 fully saturated rings. The summed E-state index contributed by atoms with van der Waals surface area (Å²) in [4.78, 5) is 13.0. The summed E-state index contributed by atoms with van der Waals surface area (Å²) >= 11 is 0. The lowest BCUT2D eigenvalue weighted by Gasteiger charge is -2.21. The van der Waals surface area contributed by atoms with Crippen LogP contribution >= 0.6 is 0 Å². The first-order valence-electron chi connectivity index (χ1n) is 4.63. The fraction of sp³-hybridized carbons (Fsp3) is 0.667. The Morgan fingerprint density at radius 2 is 2.57 bits per heavy atom. The van der Waals surface area contributed by atoms with Crippen LogP contribution in [0.4, 0.5) is 4.79 Å². The maximum absolute atomic E-state index is 11.5. The van der Waals surface area contributed by atoms with Gasteiger partial charge < -0.3 is 20.1 Å². The third-order valence-electron chi connectivity index (χ3n) is 1.93. The molecule has 2 N–H and O–H groups in total. The van der Waals surface area contributed by atoms with E-state index in [-0.39, 0.29) is 6.03 Å². The SMILES string of the molecule is C=CCNC(=O)N1CCOCC(O)C1. The van der Waals surface area contributed by atoms with Gasteiger partial charge in [0.15, 0.2) is 0 Å². The standard InChI is InChI=1S/C9H16N2O3/c1-2-3-10-9(13)11-4-5-14-7-8(12)6-11/h2,8,12H,1,3-7H2,(H,10,13). The number of nitrogens with zero attached hydrogens (tertiary/aromatic N) is 1. The van der Waals surface area contributed by atoms with Gasteiger partial charge in [-0.2, -0.15) is 0 Å². The van der Waals surface area contributed by atoms with Crippen LogP contribution in [0, 0.1) is 0 Å². The molecule has 5 nitrogen and oxygen atoms in total. The third-order valence-corrected chi connectivity index (χ3v) is 1.93. The molecule has 1 rings (SSSR count). The fourth-order valence-electron chi connectivity index (χ4n) is 1.25. The van der Waals surface area contributed by atoms with Crippen molar-refractivity contribution >= 4 is 6.03 Å². The highest BCUT2D eigenvalue weighted by Gasteiger charge is 2.19. The van der Waals surface area contributed by atoms with Crippen LogP contribution < -0.4 is 5.32 Å². The molecule has 2 amide bonds. The van der Waals surface area contributed by atoms with Crippen molar-refractivity contribution < 1.29 is 14.6 Å². The highest BCUT2D eigenvalue weighted by atomic mass is 16.5. The summed E-state index contributed by atoms with van der Waals surface area (Å²) in [6.07, 6.45) is 1.02. The number of amides is 2. The number of ether oxygens (including phenoxy) is 1. The summed E-state index contributed by atoms with van der Waals surface area (Å²) in [6.45, 7) is 5.54. The van der Waals surface area contributed by atoms with E-state index in [1.54, 1.807) is 11.0 Å². The summed E-state index contributed by atoms with van der Waals surface area (Å²) in [5.74, 6) is 0. The van der Waals surface area contributed by atoms with Crippen LogP contribution in [0.15, 0.2) is 12.7 Å². The number of nitrogens with one attached hydrogen (secondary N) is 1. The molecule has 0 saturated carbocycles. The minimum Gasteiger partial charge on any atom is -0.389 e. The Morgan fingerprint density at radius 1 is 1.79 bits per heavy atom. The van der Waals surface area contributed by atoms with Crippen LogP contribution in [0.5, 0.6) is 0 Å². The predicted octanol–water partition coefficient (Wildman–Crippen LogP) is -0.425. The van der Waals surface area contributed by atoms with Gasteiger partial charge in [0.25, 0.3) is 0 Å². The normalized spacial score (nSPS) is 22.6. The largest absolute Gasteiger partial charge is 0.389 e. The Bertz CT molecular complexity index is 208. The highest BCUT2D eigenvalue weighted by Crippen LogP contribution is 2.00. The van der Waals surface area contributed by atoms with E-state index in [1.807, 2.05) is 0 Å². The van der Waals surface area contributed by atoms with Gasteiger partial charge in [-0.05, 0) is 0 Å². The minimum absolute atomic E-state index is 0.186. The van der Waals surface area contributed by atoms with Crippen molar-refractivity contribution in [1.82, 2.24) is 10.2 Å². The minimum atomic E-state index is -0.591. The van der Waals surface area contributed by atoms with Crippen LogP contribution in [-0.4, -0.2) is 55.0 Å². The zero-order valence-corrected chi connectivity index (χ0v) is 8.11. The number of rotatable bonds is 2. The molecule has 80 valence electrons. The number of aliphatic hydroxyl groups excluding tert-OH is 1. The molecule has 5 heteroatoms. The molecule has 1 unspecified atom stereocenters. The number of hydrogen-bond donors (Lipinski definition) is 2. The Labute approximate surface area is 83.3 Å². The Balaban J connectivity index is 2.39. The van der Waals surface area contributed by atoms with Crippen molar-refractivity contribution in [3.05, 3.63) is 12.7 Å². The molecule has 1 aliphatic rings. The van der Waals surface area contributed by atoms with Gasteiger partial charge in [-0.25, -0.2) is 4.79 Å². The molecule has 1 atom stereocenters. The molecule has 1 aliphatic heterocycles. The first-order valence-corrected chi connectivity index (χ1v) is 4.63. The lowest BCUT2D eigenvalue weighted by molar-refractivity contribution is 0.0574. The second-order valence-corrected chi connectivity index (χ2v) is 3.15. The molecule has 14 heavy (non-hydrogen) atoms. The van der Waals surface area contributed by atoms with Crippen molar-refractivity contribution in [3.63, 3.8) is 0 Å². The molecule has 0 aromatic carbocycles. The molecule has 0 radical (unpaired) electrons. The van der Waals surface area contributed by atoms with E-state index in [1.165, 1.54) is 0 Å². The maximum Gasteiger partial charge on any atom is 0.317 e. The smallest absolute Gasteiger partial charge is 0.317 e. The van der Waals surface area contributed by atoms with E-state index in [0.29, 0.717) is 32.8 Å². The van der Waals surface area contributed by atoms with Crippen molar-refractivity contribution in [2.75, 3.05) is 32.8 Å². The zero-order valence-electron chi connectivity index (χ0n) is 8.11. The van der Waals surface area contributed by atoms with Gasteiger partial charge in [0.05, 0.1) is 25.9 Å². The topological polar surface area (TPSA) is 61.8 Å². The number of urea groups is 1. The summed E-state index contributed by atoms with van der Waals surface area (Å²) in [6, 6.07) is -0.186. The fourth-order valence-corrected chi connectivity index (χ4v) is 1.25. The average Bonchev–Trinajstić information content (AvgIpc) is 2.39. The number of carbonyl (C=O) groups is 1. The van der Waals surface area contributed by atoms with Crippen LogP contribution in [0.1, 0.15) is 0 Å². The van der Waals surface area contributed by atoms with Gasteiger partial charge in [0, 0.05) is 13.1 Å². The number of β-amino-alcohol motifs (C(OH)–C–C–N with tert-alkyl or cyclic N) is 1. The van der Waals surface area contributed by atoms with Gasteiger partial charge in [0.2, 0.25) is 0 Å². The van der Waals surface area contributed by atoms with Crippen molar-refractivity contribution in [2.24, 2.45) is 0 Å². The van der Waals surface area contributed by atoms with Crippen LogP contribution in [0.2, 0.25) is 0 Å². The van der Waals surface area contributed by atoms with Crippen LogP contribution in [0.3, 0.4) is 0 Å². The molecule has 0 spiro atoms. The van der Waals surface area contributed by atoms with Gasteiger partial charge in [0.1, 0.15) is 0 Å². The summed E-state index contributed by atoms with van der Waals surface area (Å²) in [5, 5.41) is 12.0. The quantitative estimate of drug-likeness (QED) is 0.595. The average molecular weight is 200 g/mol. The van der Waals surface area contributed by atoms with Crippen molar-refractivity contribution in [2.45, 2.75) is 6.10 Å². The summed E-state index contributed by atoms with van der Waals surface area (Å²) in [5.41, 5.74) is 0.